The van der Waals surface area contributed by atoms with Gasteiger partial charge in [0.1, 0.15) is 5.60 Å². The summed E-state index contributed by atoms with van der Waals surface area (Å²) in [6, 6.07) is 25.5. The lowest BCUT2D eigenvalue weighted by molar-refractivity contribution is 0.0223. The molecule has 32 heavy (non-hydrogen) atoms. The molecule has 3 aromatic rings. The van der Waals surface area contributed by atoms with Gasteiger partial charge in [-0.2, -0.15) is 0 Å². The van der Waals surface area contributed by atoms with Crippen LogP contribution < -0.4 is 5.32 Å². The Bertz CT molecular complexity index is 1040. The van der Waals surface area contributed by atoms with E-state index in [1.807, 2.05) is 25.7 Å². The zero-order valence-electron chi connectivity index (χ0n) is 19.4. The molecule has 0 aromatic heterocycles. The maximum absolute atomic E-state index is 13.2. The number of hydrogen-bond donors (Lipinski definition) is 1. The summed E-state index contributed by atoms with van der Waals surface area (Å²) in [5, 5.41) is 6.02. The van der Waals surface area contributed by atoms with Gasteiger partial charge in [-0.1, -0.05) is 72.8 Å². The molecule has 1 amide bonds. The molecule has 0 aliphatic carbocycles. The molecule has 1 fully saturated rings. The molecule has 2 unspecified atom stereocenters. The largest absolute Gasteiger partial charge is 0.444 e. The molecule has 1 saturated heterocycles. The normalized spacial score (nSPS) is 18.6. The number of carbonyl (C=O) groups excluding carboxylic acids is 1. The van der Waals surface area contributed by atoms with Crippen molar-refractivity contribution in [1.82, 2.24) is 10.2 Å². The third-order valence-electron chi connectivity index (χ3n) is 6.21. The van der Waals surface area contributed by atoms with E-state index in [4.69, 9.17) is 4.74 Å². The number of nitrogens with zero attached hydrogens (tertiary/aromatic N) is 1. The van der Waals surface area contributed by atoms with Gasteiger partial charge < -0.3 is 15.0 Å². The molecule has 2 atom stereocenters. The first-order valence-electron chi connectivity index (χ1n) is 11.6. The van der Waals surface area contributed by atoms with Crippen LogP contribution in [0, 0.1) is 5.92 Å². The maximum Gasteiger partial charge on any atom is 0.410 e. The van der Waals surface area contributed by atoms with Gasteiger partial charge in [0.2, 0.25) is 0 Å². The Morgan fingerprint density at radius 2 is 1.69 bits per heavy atom. The minimum Gasteiger partial charge on any atom is -0.444 e. The summed E-state index contributed by atoms with van der Waals surface area (Å²) in [5.41, 5.74) is 2.09. The zero-order chi connectivity index (χ0) is 22.6. The van der Waals surface area contributed by atoms with Crippen LogP contribution in [0.2, 0.25) is 0 Å². The minimum absolute atomic E-state index is 0.226. The number of fused-ring (bicyclic) bond motifs is 1. The van der Waals surface area contributed by atoms with Crippen LogP contribution in [0.4, 0.5) is 4.79 Å². The van der Waals surface area contributed by atoms with E-state index >= 15 is 0 Å². The van der Waals surface area contributed by atoms with Gasteiger partial charge in [0.25, 0.3) is 0 Å². The van der Waals surface area contributed by atoms with Crippen molar-refractivity contribution in [2.75, 3.05) is 26.2 Å². The van der Waals surface area contributed by atoms with Crippen molar-refractivity contribution in [3.05, 3.63) is 83.9 Å². The number of rotatable bonds is 6. The average molecular weight is 431 g/mol. The number of amides is 1. The Morgan fingerprint density at radius 1 is 0.969 bits per heavy atom. The van der Waals surface area contributed by atoms with Crippen LogP contribution >= 0.6 is 0 Å². The number of carbonyl (C=O) groups is 1. The highest BCUT2D eigenvalue weighted by Crippen LogP contribution is 2.29. The molecular formula is C28H34N2O2. The average Bonchev–Trinajstić information content (AvgIpc) is 3.24. The third kappa shape index (κ3) is 5.49. The number of ether oxygens (including phenoxy) is 1. The lowest BCUT2D eigenvalue weighted by atomic mass is 9.88. The molecule has 4 rings (SSSR count). The summed E-state index contributed by atoms with van der Waals surface area (Å²) in [6.07, 6.45) is 0.577. The van der Waals surface area contributed by atoms with Crippen LogP contribution in [0.5, 0.6) is 0 Å². The molecule has 0 spiro atoms. The quantitative estimate of drug-likeness (QED) is 0.552. The van der Waals surface area contributed by atoms with Gasteiger partial charge in [0.05, 0.1) is 0 Å². The lowest BCUT2D eigenvalue weighted by Crippen LogP contribution is -2.42. The number of benzene rings is 3. The van der Waals surface area contributed by atoms with Crippen LogP contribution in [-0.2, 0) is 11.2 Å². The predicted octanol–water partition coefficient (Wildman–Crippen LogP) is 5.62. The Labute approximate surface area is 191 Å². The van der Waals surface area contributed by atoms with Crippen LogP contribution in [-0.4, -0.2) is 42.8 Å². The Morgan fingerprint density at radius 3 is 2.47 bits per heavy atom. The van der Waals surface area contributed by atoms with Crippen molar-refractivity contribution in [3.8, 4) is 0 Å². The van der Waals surface area contributed by atoms with Gasteiger partial charge >= 0.3 is 6.09 Å². The Balaban J connectivity index is 1.53. The molecule has 1 aliphatic heterocycles. The van der Waals surface area contributed by atoms with E-state index in [1.54, 1.807) is 0 Å². The first-order valence-corrected chi connectivity index (χ1v) is 11.6. The highest BCUT2D eigenvalue weighted by molar-refractivity contribution is 5.85. The van der Waals surface area contributed by atoms with Crippen molar-refractivity contribution in [1.29, 1.82) is 0 Å². The molecule has 4 heteroatoms. The van der Waals surface area contributed by atoms with Gasteiger partial charge in [-0.05, 0) is 55.0 Å². The minimum atomic E-state index is -0.512. The van der Waals surface area contributed by atoms with Crippen LogP contribution in [0.1, 0.15) is 37.8 Å². The second-order valence-electron chi connectivity index (χ2n) is 9.75. The van der Waals surface area contributed by atoms with E-state index in [2.05, 4.69) is 78.1 Å². The molecule has 0 radical (unpaired) electrons. The van der Waals surface area contributed by atoms with Gasteiger partial charge in [-0.25, -0.2) is 4.79 Å². The van der Waals surface area contributed by atoms with Gasteiger partial charge in [0.15, 0.2) is 0 Å². The Kier molecular flexibility index (Phi) is 6.80. The predicted molar refractivity (Wildman–Crippen MR) is 131 cm³/mol. The maximum atomic E-state index is 13.2. The second-order valence-corrected chi connectivity index (χ2v) is 9.75. The fourth-order valence-electron chi connectivity index (χ4n) is 4.65. The standard InChI is InChI=1S/C28H34N2O2/c1-28(2,3)32-27(31)30(17-16-23-14-9-13-21-12-7-8-15-25(21)23)20-24-18-29-19-26(24)22-10-5-4-6-11-22/h4-15,24,26,29H,16-20H2,1-3H3. The summed E-state index contributed by atoms with van der Waals surface area (Å²) < 4.78 is 5.79. The highest BCUT2D eigenvalue weighted by atomic mass is 16.6. The molecule has 3 aromatic carbocycles. The zero-order valence-corrected chi connectivity index (χ0v) is 19.4. The smallest absolute Gasteiger partial charge is 0.410 e. The van der Waals surface area contributed by atoms with E-state index in [-0.39, 0.29) is 6.09 Å². The molecule has 1 N–H and O–H groups in total. The summed E-state index contributed by atoms with van der Waals surface area (Å²) in [7, 11) is 0. The molecule has 1 aliphatic rings. The van der Waals surface area contributed by atoms with E-state index in [0.717, 1.165) is 19.5 Å². The SMILES string of the molecule is CC(C)(C)OC(=O)N(CCc1cccc2ccccc12)CC1CNCC1c1ccccc1. The monoisotopic (exact) mass is 430 g/mol. The molecular weight excluding hydrogens is 396 g/mol. The van der Waals surface area contributed by atoms with E-state index < -0.39 is 5.60 Å². The van der Waals surface area contributed by atoms with Gasteiger partial charge in [-0.15, -0.1) is 0 Å². The third-order valence-corrected chi connectivity index (χ3v) is 6.21. The summed E-state index contributed by atoms with van der Waals surface area (Å²) >= 11 is 0. The van der Waals surface area contributed by atoms with Crippen molar-refractivity contribution >= 4 is 16.9 Å². The van der Waals surface area contributed by atoms with Crippen LogP contribution in [0.3, 0.4) is 0 Å². The molecule has 168 valence electrons. The van der Waals surface area contributed by atoms with Crippen molar-refractivity contribution in [2.24, 2.45) is 5.92 Å². The Hall–Kier alpha value is -2.85. The van der Waals surface area contributed by atoms with E-state index in [0.29, 0.717) is 24.9 Å². The molecule has 1 heterocycles. The molecule has 0 saturated carbocycles. The van der Waals surface area contributed by atoms with Crippen LogP contribution in [0.15, 0.2) is 72.8 Å². The molecule has 4 nitrogen and oxygen atoms in total. The number of nitrogens with one attached hydrogen (secondary N) is 1. The van der Waals surface area contributed by atoms with Gasteiger partial charge in [-0.3, -0.25) is 0 Å². The summed E-state index contributed by atoms with van der Waals surface area (Å²) in [5.74, 6) is 0.760. The fraction of sp³-hybridized carbons (Fsp3) is 0.393. The fourth-order valence-corrected chi connectivity index (χ4v) is 4.65. The second kappa shape index (κ2) is 9.74. The van der Waals surface area contributed by atoms with Gasteiger partial charge in [0, 0.05) is 32.1 Å². The van der Waals surface area contributed by atoms with Crippen molar-refractivity contribution in [3.63, 3.8) is 0 Å². The number of hydrogen-bond acceptors (Lipinski definition) is 3. The molecule has 0 bridgehead atoms. The first-order chi connectivity index (χ1) is 15.4. The van der Waals surface area contributed by atoms with E-state index in [1.165, 1.54) is 21.9 Å². The lowest BCUT2D eigenvalue weighted by Gasteiger charge is -2.31. The summed E-state index contributed by atoms with van der Waals surface area (Å²) in [4.78, 5) is 15.1. The van der Waals surface area contributed by atoms with Crippen molar-refractivity contribution < 1.29 is 9.53 Å². The highest BCUT2D eigenvalue weighted by Gasteiger charge is 2.32. The van der Waals surface area contributed by atoms with Crippen LogP contribution in [0.25, 0.3) is 10.8 Å². The topological polar surface area (TPSA) is 41.6 Å². The van der Waals surface area contributed by atoms with Crippen molar-refractivity contribution in [2.45, 2.75) is 38.7 Å². The first kappa shape index (κ1) is 22.3. The van der Waals surface area contributed by atoms with E-state index in [9.17, 15) is 4.79 Å². The summed E-state index contributed by atoms with van der Waals surface area (Å²) in [6.45, 7) is 8.97.